The van der Waals surface area contributed by atoms with E-state index in [2.05, 4.69) is 0 Å². The Labute approximate surface area is 124 Å². The highest BCUT2D eigenvalue weighted by Gasteiger charge is 2.09. The lowest BCUT2D eigenvalue weighted by molar-refractivity contribution is -0.131. The summed E-state index contributed by atoms with van der Waals surface area (Å²) >= 11 is 0. The molecule has 0 aromatic heterocycles. The predicted molar refractivity (Wildman–Crippen MR) is 78.4 cm³/mol. The van der Waals surface area contributed by atoms with Crippen LogP contribution in [0.5, 0.6) is 0 Å². The molecule has 0 atom stereocenters. The van der Waals surface area contributed by atoms with Gasteiger partial charge in [0.25, 0.3) is 0 Å². The van der Waals surface area contributed by atoms with E-state index in [9.17, 15) is 9.18 Å². The molecular formula is C16H21FO4. The standard InChI is InChI=1S/C16H21FO4/c1-16(2,3)21-9-8-20-11-12-4-6-14(17)13(10-12)5-7-15(18)19/h4-7,10H,8-9,11H2,1-3H3,(H,18,19)/b7-5+. The second kappa shape index (κ2) is 7.90. The minimum atomic E-state index is -1.12. The van der Waals surface area contributed by atoms with Gasteiger partial charge in [-0.25, -0.2) is 9.18 Å². The molecular weight excluding hydrogens is 275 g/mol. The second-order valence-corrected chi connectivity index (χ2v) is 5.54. The van der Waals surface area contributed by atoms with Gasteiger partial charge in [-0.1, -0.05) is 6.07 Å². The highest BCUT2D eigenvalue weighted by Crippen LogP contribution is 2.13. The van der Waals surface area contributed by atoms with Gasteiger partial charge in [-0.2, -0.15) is 0 Å². The molecule has 0 amide bonds. The van der Waals surface area contributed by atoms with Crippen LogP contribution in [0.25, 0.3) is 6.08 Å². The molecule has 21 heavy (non-hydrogen) atoms. The van der Waals surface area contributed by atoms with Crippen LogP contribution in [0.15, 0.2) is 24.3 Å². The molecule has 5 heteroatoms. The van der Waals surface area contributed by atoms with Crippen molar-refractivity contribution < 1.29 is 23.8 Å². The van der Waals surface area contributed by atoms with Crippen LogP contribution >= 0.6 is 0 Å². The molecule has 1 aromatic carbocycles. The number of aliphatic carboxylic acids is 1. The minimum absolute atomic E-state index is 0.200. The van der Waals surface area contributed by atoms with Gasteiger partial charge in [-0.15, -0.1) is 0 Å². The fourth-order valence-electron chi connectivity index (χ4n) is 1.57. The highest BCUT2D eigenvalue weighted by atomic mass is 19.1. The molecule has 1 rings (SSSR count). The van der Waals surface area contributed by atoms with Crippen LogP contribution in [0.3, 0.4) is 0 Å². The van der Waals surface area contributed by atoms with Crippen molar-refractivity contribution in [3.05, 3.63) is 41.2 Å². The number of hydrogen-bond donors (Lipinski definition) is 1. The van der Waals surface area contributed by atoms with Crippen LogP contribution in [0.1, 0.15) is 31.9 Å². The van der Waals surface area contributed by atoms with Crippen molar-refractivity contribution in [1.82, 2.24) is 0 Å². The summed E-state index contributed by atoms with van der Waals surface area (Å²) in [6, 6.07) is 4.48. The summed E-state index contributed by atoms with van der Waals surface area (Å²) in [6.45, 7) is 7.14. The Balaban J connectivity index is 2.49. The molecule has 0 unspecified atom stereocenters. The molecule has 1 N–H and O–H groups in total. The van der Waals surface area contributed by atoms with Crippen LogP contribution in [0.2, 0.25) is 0 Å². The molecule has 4 nitrogen and oxygen atoms in total. The highest BCUT2D eigenvalue weighted by molar-refractivity contribution is 5.85. The van der Waals surface area contributed by atoms with Crippen molar-refractivity contribution in [3.8, 4) is 0 Å². The lowest BCUT2D eigenvalue weighted by Crippen LogP contribution is -2.21. The summed E-state index contributed by atoms with van der Waals surface area (Å²) in [5, 5.41) is 8.55. The summed E-state index contributed by atoms with van der Waals surface area (Å²) in [5.74, 6) is -1.58. The molecule has 0 heterocycles. The van der Waals surface area contributed by atoms with Gasteiger partial charge >= 0.3 is 5.97 Å². The zero-order chi connectivity index (χ0) is 15.9. The fourth-order valence-corrected chi connectivity index (χ4v) is 1.57. The molecule has 0 spiro atoms. The van der Waals surface area contributed by atoms with E-state index in [0.29, 0.717) is 19.8 Å². The van der Waals surface area contributed by atoms with Crippen LogP contribution in [-0.2, 0) is 20.9 Å². The van der Waals surface area contributed by atoms with E-state index in [0.717, 1.165) is 11.6 Å². The van der Waals surface area contributed by atoms with Crippen molar-refractivity contribution >= 4 is 12.0 Å². The zero-order valence-corrected chi connectivity index (χ0v) is 12.6. The quantitative estimate of drug-likeness (QED) is 0.620. The van der Waals surface area contributed by atoms with Gasteiger partial charge in [0.2, 0.25) is 0 Å². The largest absolute Gasteiger partial charge is 0.478 e. The Hall–Kier alpha value is -1.72. The Bertz CT molecular complexity index is 503. The number of carboxylic acids is 1. The summed E-state index contributed by atoms with van der Waals surface area (Å²) < 4.78 is 24.5. The average Bonchev–Trinajstić information content (AvgIpc) is 2.37. The van der Waals surface area contributed by atoms with Crippen LogP contribution in [0, 0.1) is 5.82 Å². The number of ether oxygens (including phenoxy) is 2. The summed E-state index contributed by atoms with van der Waals surface area (Å²) in [7, 11) is 0. The van der Waals surface area contributed by atoms with Crippen molar-refractivity contribution in [3.63, 3.8) is 0 Å². The van der Waals surface area contributed by atoms with Gasteiger partial charge in [0.15, 0.2) is 0 Å². The normalized spacial score (nSPS) is 12.0. The molecule has 0 aliphatic heterocycles. The molecule has 0 bridgehead atoms. The fraction of sp³-hybridized carbons (Fsp3) is 0.438. The van der Waals surface area contributed by atoms with E-state index < -0.39 is 11.8 Å². The van der Waals surface area contributed by atoms with Crippen LogP contribution < -0.4 is 0 Å². The van der Waals surface area contributed by atoms with E-state index in [1.165, 1.54) is 12.1 Å². The van der Waals surface area contributed by atoms with Crippen LogP contribution in [0.4, 0.5) is 4.39 Å². The smallest absolute Gasteiger partial charge is 0.328 e. The predicted octanol–water partition coefficient (Wildman–Crippen LogP) is 3.26. The number of hydrogen-bond acceptors (Lipinski definition) is 3. The van der Waals surface area contributed by atoms with Gasteiger partial charge in [0, 0.05) is 11.6 Å². The van der Waals surface area contributed by atoms with Crippen LogP contribution in [-0.4, -0.2) is 29.9 Å². The first-order valence-corrected chi connectivity index (χ1v) is 6.69. The third-order valence-corrected chi connectivity index (χ3v) is 2.50. The third-order valence-electron chi connectivity index (χ3n) is 2.50. The molecule has 0 saturated carbocycles. The molecule has 0 saturated heterocycles. The lowest BCUT2D eigenvalue weighted by Gasteiger charge is -2.19. The first-order chi connectivity index (χ1) is 9.78. The maximum atomic E-state index is 13.5. The maximum absolute atomic E-state index is 13.5. The molecule has 0 aliphatic carbocycles. The van der Waals surface area contributed by atoms with Gasteiger partial charge in [0.05, 0.1) is 25.4 Å². The van der Waals surface area contributed by atoms with Crippen molar-refractivity contribution in [2.45, 2.75) is 33.0 Å². The zero-order valence-electron chi connectivity index (χ0n) is 12.6. The Morgan fingerprint density at radius 2 is 2.05 bits per heavy atom. The first kappa shape index (κ1) is 17.3. The topological polar surface area (TPSA) is 55.8 Å². The molecule has 0 radical (unpaired) electrons. The second-order valence-electron chi connectivity index (χ2n) is 5.54. The number of halogens is 1. The van der Waals surface area contributed by atoms with Crippen molar-refractivity contribution in [2.75, 3.05) is 13.2 Å². The van der Waals surface area contributed by atoms with E-state index >= 15 is 0 Å². The van der Waals surface area contributed by atoms with Gasteiger partial charge in [-0.3, -0.25) is 0 Å². The lowest BCUT2D eigenvalue weighted by atomic mass is 10.1. The minimum Gasteiger partial charge on any atom is -0.478 e. The summed E-state index contributed by atoms with van der Waals surface area (Å²) in [5.41, 5.74) is 0.801. The number of carbonyl (C=O) groups is 1. The van der Waals surface area contributed by atoms with Gasteiger partial charge in [-0.05, 0) is 44.5 Å². The molecule has 1 aromatic rings. The monoisotopic (exact) mass is 296 g/mol. The van der Waals surface area contributed by atoms with Gasteiger partial charge in [0.1, 0.15) is 5.82 Å². The number of carboxylic acid groups (broad SMARTS) is 1. The molecule has 0 fully saturated rings. The number of rotatable bonds is 7. The van der Waals surface area contributed by atoms with E-state index in [1.54, 1.807) is 12.1 Å². The average molecular weight is 296 g/mol. The third kappa shape index (κ3) is 7.58. The molecule has 116 valence electrons. The summed E-state index contributed by atoms with van der Waals surface area (Å²) in [4.78, 5) is 10.4. The Morgan fingerprint density at radius 3 is 2.67 bits per heavy atom. The maximum Gasteiger partial charge on any atom is 0.328 e. The SMILES string of the molecule is CC(C)(C)OCCOCc1ccc(F)c(/C=C/C(=O)O)c1. The number of benzene rings is 1. The summed E-state index contributed by atoms with van der Waals surface area (Å²) in [6.07, 6.45) is 2.13. The Morgan fingerprint density at radius 1 is 1.33 bits per heavy atom. The van der Waals surface area contributed by atoms with Crippen molar-refractivity contribution in [1.29, 1.82) is 0 Å². The first-order valence-electron chi connectivity index (χ1n) is 6.69. The molecule has 0 aliphatic rings. The van der Waals surface area contributed by atoms with E-state index in [1.807, 2.05) is 20.8 Å². The van der Waals surface area contributed by atoms with E-state index in [-0.39, 0.29) is 11.2 Å². The van der Waals surface area contributed by atoms with Crippen molar-refractivity contribution in [2.24, 2.45) is 0 Å². The Kier molecular flexibility index (Phi) is 6.52. The van der Waals surface area contributed by atoms with E-state index in [4.69, 9.17) is 14.6 Å². The van der Waals surface area contributed by atoms with Gasteiger partial charge < -0.3 is 14.6 Å².